The minimum absolute atomic E-state index is 0.0622. The highest BCUT2D eigenvalue weighted by Gasteiger charge is 2.33. The fourth-order valence-electron chi connectivity index (χ4n) is 4.33. The summed E-state index contributed by atoms with van der Waals surface area (Å²) in [5.74, 6) is -0.466. The topological polar surface area (TPSA) is 105 Å². The molecule has 170 valence electrons. The average Bonchev–Trinajstić information content (AvgIpc) is 2.97. The number of likely N-dealkylation sites (N-methyl/N-ethyl adjacent to an activating group) is 1. The Bertz CT molecular complexity index is 1130. The minimum Gasteiger partial charge on any atom is -0.368 e. The fraction of sp³-hybridized carbons (Fsp3) is 0.320. The van der Waals surface area contributed by atoms with E-state index in [0.717, 1.165) is 16.7 Å². The Morgan fingerprint density at radius 3 is 2.70 bits per heavy atom. The number of amides is 2. The van der Waals surface area contributed by atoms with Crippen molar-refractivity contribution in [3.05, 3.63) is 71.8 Å². The van der Waals surface area contributed by atoms with Crippen LogP contribution in [0.1, 0.15) is 28.7 Å². The zero-order valence-corrected chi connectivity index (χ0v) is 18.9. The number of anilines is 1. The van der Waals surface area contributed by atoms with Gasteiger partial charge in [0.05, 0.1) is 5.92 Å². The highest BCUT2D eigenvalue weighted by atomic mass is 16.2. The molecule has 1 atom stereocenters. The first-order valence-electron chi connectivity index (χ1n) is 11.1. The number of nitrogen functional groups attached to an aromatic ring is 1. The van der Waals surface area contributed by atoms with Crippen LogP contribution >= 0.6 is 0 Å². The Balaban J connectivity index is 1.64. The highest BCUT2D eigenvalue weighted by molar-refractivity contribution is 5.93. The summed E-state index contributed by atoms with van der Waals surface area (Å²) in [7, 11) is 0. The molecule has 1 aliphatic rings. The molecule has 8 nitrogen and oxygen atoms in total. The number of hydrogen-bond acceptors (Lipinski definition) is 6. The smallest absolute Gasteiger partial charge is 0.272 e. The van der Waals surface area contributed by atoms with Crippen molar-refractivity contribution in [1.82, 2.24) is 24.8 Å². The Morgan fingerprint density at radius 2 is 1.97 bits per heavy atom. The lowest BCUT2D eigenvalue weighted by Crippen LogP contribution is -2.38. The zero-order valence-electron chi connectivity index (χ0n) is 18.9. The number of carbonyl (C=O) groups excluding carboxylic acids is 2. The van der Waals surface area contributed by atoms with E-state index in [-0.39, 0.29) is 29.4 Å². The lowest BCUT2D eigenvalue weighted by molar-refractivity contribution is -0.134. The van der Waals surface area contributed by atoms with Crippen molar-refractivity contribution in [3.8, 4) is 11.1 Å². The number of benzene rings is 1. The molecule has 2 amide bonds. The van der Waals surface area contributed by atoms with E-state index in [1.54, 1.807) is 24.1 Å². The third-order valence-electron chi connectivity index (χ3n) is 5.96. The summed E-state index contributed by atoms with van der Waals surface area (Å²) < 4.78 is 0. The number of rotatable bonds is 5. The molecule has 4 rings (SSSR count). The van der Waals surface area contributed by atoms with Crippen LogP contribution < -0.4 is 5.73 Å². The van der Waals surface area contributed by atoms with Gasteiger partial charge < -0.3 is 15.5 Å². The number of hydrogen-bond donors (Lipinski definition) is 1. The van der Waals surface area contributed by atoms with Gasteiger partial charge in [0.25, 0.3) is 5.91 Å². The van der Waals surface area contributed by atoms with Crippen molar-refractivity contribution in [2.75, 3.05) is 31.9 Å². The zero-order chi connectivity index (χ0) is 23.4. The molecule has 0 unspecified atom stereocenters. The summed E-state index contributed by atoms with van der Waals surface area (Å²) in [4.78, 5) is 42.6. The molecule has 0 spiro atoms. The predicted octanol–water partition coefficient (Wildman–Crippen LogP) is 2.59. The van der Waals surface area contributed by atoms with E-state index >= 15 is 0 Å². The summed E-state index contributed by atoms with van der Waals surface area (Å²) in [5, 5.41) is 0. The molecule has 3 heterocycles. The van der Waals surface area contributed by atoms with E-state index in [0.29, 0.717) is 38.3 Å². The normalized spacial score (nSPS) is 16.5. The van der Waals surface area contributed by atoms with Crippen LogP contribution in [0.5, 0.6) is 0 Å². The largest absolute Gasteiger partial charge is 0.368 e. The third-order valence-corrected chi connectivity index (χ3v) is 5.96. The number of carbonyl (C=O) groups is 2. The average molecular weight is 445 g/mol. The molecule has 0 radical (unpaired) electrons. The van der Waals surface area contributed by atoms with Crippen molar-refractivity contribution in [3.63, 3.8) is 0 Å². The maximum absolute atomic E-state index is 13.4. The van der Waals surface area contributed by atoms with Gasteiger partial charge in [0.1, 0.15) is 5.69 Å². The molecule has 1 aliphatic heterocycles. The van der Waals surface area contributed by atoms with Crippen molar-refractivity contribution in [2.45, 2.75) is 20.3 Å². The molecule has 1 aromatic carbocycles. The number of nitrogens with zero attached hydrogens (tertiary/aromatic N) is 5. The van der Waals surface area contributed by atoms with Gasteiger partial charge in [0.15, 0.2) is 0 Å². The maximum atomic E-state index is 13.4. The van der Waals surface area contributed by atoms with E-state index in [1.165, 1.54) is 0 Å². The van der Waals surface area contributed by atoms with Crippen molar-refractivity contribution < 1.29 is 9.59 Å². The van der Waals surface area contributed by atoms with Crippen molar-refractivity contribution in [1.29, 1.82) is 0 Å². The van der Waals surface area contributed by atoms with E-state index in [2.05, 4.69) is 15.0 Å². The third kappa shape index (κ3) is 5.00. The summed E-state index contributed by atoms with van der Waals surface area (Å²) in [6.07, 6.45) is 4.09. The van der Waals surface area contributed by atoms with E-state index < -0.39 is 0 Å². The summed E-state index contributed by atoms with van der Waals surface area (Å²) in [6.45, 7) is 5.59. The minimum atomic E-state index is -0.366. The Hall–Kier alpha value is -3.81. The number of aryl methyl sites for hydroxylation is 1. The standard InChI is InChI=1S/C25H28N6O2/c1-3-30-11-12-31(24(33)22-13-17(2)28-25(26)29-22)16-20(23(30)32)14-18-7-4-5-9-21(18)19-8-6-10-27-15-19/h4-10,13,15,20H,3,11-12,14,16H2,1-2H3,(H2,26,28,29)/t20-/m1/s1. The van der Waals surface area contributed by atoms with Crippen LogP contribution in [0.3, 0.4) is 0 Å². The molecule has 3 aromatic rings. The Morgan fingerprint density at radius 1 is 1.15 bits per heavy atom. The van der Waals surface area contributed by atoms with E-state index in [1.807, 2.05) is 54.4 Å². The summed E-state index contributed by atoms with van der Waals surface area (Å²) in [6, 6.07) is 13.6. The van der Waals surface area contributed by atoms with Crippen LogP contribution in [0.2, 0.25) is 0 Å². The van der Waals surface area contributed by atoms with E-state index in [4.69, 9.17) is 5.73 Å². The molecule has 8 heteroatoms. The molecule has 33 heavy (non-hydrogen) atoms. The Labute approximate surface area is 193 Å². The quantitative estimate of drug-likeness (QED) is 0.649. The maximum Gasteiger partial charge on any atom is 0.272 e. The van der Waals surface area contributed by atoms with Crippen LogP contribution in [-0.4, -0.2) is 62.7 Å². The second kappa shape index (κ2) is 9.77. The number of nitrogens with two attached hydrogens (primary N) is 1. The van der Waals surface area contributed by atoms with Gasteiger partial charge in [-0.15, -0.1) is 0 Å². The van der Waals surface area contributed by atoms with Crippen molar-refractivity contribution >= 4 is 17.8 Å². The highest BCUT2D eigenvalue weighted by Crippen LogP contribution is 2.27. The van der Waals surface area contributed by atoms with Crippen LogP contribution in [0.15, 0.2) is 54.9 Å². The second-order valence-corrected chi connectivity index (χ2v) is 8.22. The number of aromatic nitrogens is 3. The van der Waals surface area contributed by atoms with E-state index in [9.17, 15) is 9.59 Å². The molecule has 0 saturated carbocycles. The van der Waals surface area contributed by atoms with Gasteiger partial charge >= 0.3 is 0 Å². The van der Waals surface area contributed by atoms with Gasteiger partial charge in [-0.3, -0.25) is 14.6 Å². The first-order chi connectivity index (χ1) is 16.0. The summed E-state index contributed by atoms with van der Waals surface area (Å²) in [5.41, 5.74) is 9.75. The SMILES string of the molecule is CCN1CCN(C(=O)c2cc(C)nc(N)n2)C[C@@H](Cc2ccccc2-c2cccnc2)C1=O. The number of pyridine rings is 1. The molecule has 2 N–H and O–H groups in total. The molecule has 0 bridgehead atoms. The van der Waals surface area contributed by atoms with Gasteiger partial charge in [0.2, 0.25) is 11.9 Å². The molecular weight excluding hydrogens is 416 g/mol. The van der Waals surface area contributed by atoms with Crippen LogP contribution in [0.4, 0.5) is 5.95 Å². The monoisotopic (exact) mass is 444 g/mol. The molecule has 0 aliphatic carbocycles. The van der Waals surface area contributed by atoms with Crippen LogP contribution in [-0.2, 0) is 11.2 Å². The molecule has 1 saturated heterocycles. The fourth-order valence-corrected chi connectivity index (χ4v) is 4.33. The van der Waals surface area contributed by atoms with Gasteiger partial charge in [-0.1, -0.05) is 30.3 Å². The van der Waals surface area contributed by atoms with Gasteiger partial charge in [0, 0.05) is 49.8 Å². The predicted molar refractivity (Wildman–Crippen MR) is 126 cm³/mol. The second-order valence-electron chi connectivity index (χ2n) is 8.22. The molecule has 2 aromatic heterocycles. The Kier molecular flexibility index (Phi) is 6.63. The summed E-state index contributed by atoms with van der Waals surface area (Å²) >= 11 is 0. The van der Waals surface area contributed by atoms with Gasteiger partial charge in [-0.2, -0.15) is 0 Å². The first-order valence-corrected chi connectivity index (χ1v) is 11.1. The van der Waals surface area contributed by atoms with Gasteiger partial charge in [-0.05, 0) is 43.5 Å². The van der Waals surface area contributed by atoms with Crippen LogP contribution in [0, 0.1) is 12.8 Å². The van der Waals surface area contributed by atoms with Crippen molar-refractivity contribution in [2.24, 2.45) is 5.92 Å². The van der Waals surface area contributed by atoms with Crippen LogP contribution in [0.25, 0.3) is 11.1 Å². The first kappa shape index (κ1) is 22.4. The van der Waals surface area contributed by atoms with Gasteiger partial charge in [-0.25, -0.2) is 9.97 Å². The molecular formula is C25H28N6O2. The lowest BCUT2D eigenvalue weighted by Gasteiger charge is -2.24. The lowest BCUT2D eigenvalue weighted by atomic mass is 9.91. The molecule has 1 fully saturated rings.